The number of anilines is 1. The molecular formula is C17H15N3O2S. The second-order valence-electron chi connectivity index (χ2n) is 5.54. The van der Waals surface area contributed by atoms with E-state index in [1.807, 2.05) is 48.5 Å². The third kappa shape index (κ3) is 2.14. The largest absolute Gasteiger partial charge is 0.274 e. The average Bonchev–Trinajstić information content (AvgIpc) is 3.01. The maximum Gasteiger partial charge on any atom is 0.267 e. The van der Waals surface area contributed by atoms with Gasteiger partial charge in [0.05, 0.1) is 18.4 Å². The molecule has 0 aliphatic carbocycles. The second-order valence-corrected chi connectivity index (χ2v) is 7.40. The van der Waals surface area contributed by atoms with Gasteiger partial charge in [0.2, 0.25) is 0 Å². The number of nitrogens with zero attached hydrogens (tertiary/aromatic N) is 3. The number of rotatable bonds is 2. The summed E-state index contributed by atoms with van der Waals surface area (Å²) in [6, 6.07) is 15.5. The van der Waals surface area contributed by atoms with Crippen molar-refractivity contribution in [3.05, 3.63) is 66.5 Å². The van der Waals surface area contributed by atoms with Crippen LogP contribution in [-0.2, 0) is 23.6 Å². The van der Waals surface area contributed by atoms with Crippen LogP contribution >= 0.6 is 0 Å². The van der Waals surface area contributed by atoms with E-state index in [2.05, 4.69) is 5.10 Å². The van der Waals surface area contributed by atoms with Crippen LogP contribution in [0, 0.1) is 0 Å². The number of aromatic nitrogens is 2. The summed E-state index contributed by atoms with van der Waals surface area (Å²) < 4.78 is 29.0. The molecule has 5 nitrogen and oxygen atoms in total. The van der Waals surface area contributed by atoms with E-state index < -0.39 is 10.0 Å². The molecule has 2 heterocycles. The van der Waals surface area contributed by atoms with Gasteiger partial charge in [-0.2, -0.15) is 5.10 Å². The molecule has 0 bridgehead atoms. The summed E-state index contributed by atoms with van der Waals surface area (Å²) in [6.07, 6.45) is 2.91. The summed E-state index contributed by atoms with van der Waals surface area (Å²) in [7, 11) is -1.94. The molecule has 3 aromatic rings. The molecule has 2 aromatic carbocycles. The first-order valence-corrected chi connectivity index (χ1v) is 8.70. The number of hydrogen-bond donors (Lipinski definition) is 0. The molecule has 0 amide bonds. The molecule has 23 heavy (non-hydrogen) atoms. The fourth-order valence-corrected chi connectivity index (χ4v) is 4.40. The van der Waals surface area contributed by atoms with Crippen LogP contribution < -0.4 is 4.31 Å². The molecule has 0 spiro atoms. The highest BCUT2D eigenvalue weighted by Crippen LogP contribution is 2.41. The summed E-state index contributed by atoms with van der Waals surface area (Å²) in [4.78, 5) is 0.203. The number of benzene rings is 2. The fourth-order valence-electron chi connectivity index (χ4n) is 2.95. The SMILES string of the molecule is Cn1cc(S(=O)(=O)N2Cc3ccccc3-c3ccccc32)cn1. The molecule has 0 saturated carbocycles. The molecule has 0 radical (unpaired) electrons. The Hall–Kier alpha value is -2.60. The van der Waals surface area contributed by atoms with Crippen LogP contribution in [0.25, 0.3) is 11.1 Å². The molecular weight excluding hydrogens is 310 g/mol. The number of sulfonamides is 1. The van der Waals surface area contributed by atoms with Crippen LogP contribution in [0.2, 0.25) is 0 Å². The standard InChI is InChI=1S/C17H15N3O2S/c1-19-12-14(10-18-19)23(21,22)20-11-13-6-2-3-7-15(13)16-8-4-5-9-17(16)20/h2-10,12H,11H2,1H3. The van der Waals surface area contributed by atoms with Crippen molar-refractivity contribution in [3.63, 3.8) is 0 Å². The number of fused-ring (bicyclic) bond motifs is 3. The van der Waals surface area contributed by atoms with Crippen molar-refractivity contribution in [1.29, 1.82) is 0 Å². The molecule has 1 aromatic heterocycles. The summed E-state index contributed by atoms with van der Waals surface area (Å²) in [5.41, 5.74) is 3.72. The van der Waals surface area contributed by atoms with Gasteiger partial charge in [0, 0.05) is 18.8 Å². The smallest absolute Gasteiger partial charge is 0.267 e. The Morgan fingerprint density at radius 1 is 1.00 bits per heavy atom. The maximum atomic E-state index is 13.0. The third-order valence-corrected chi connectivity index (χ3v) is 5.78. The van der Waals surface area contributed by atoms with Crippen LogP contribution in [0.1, 0.15) is 5.56 Å². The molecule has 1 aliphatic heterocycles. The van der Waals surface area contributed by atoms with E-state index in [1.165, 1.54) is 21.4 Å². The Morgan fingerprint density at radius 3 is 2.43 bits per heavy atom. The molecule has 0 unspecified atom stereocenters. The Morgan fingerprint density at radius 2 is 1.70 bits per heavy atom. The summed E-state index contributed by atoms with van der Waals surface area (Å²) >= 11 is 0. The monoisotopic (exact) mass is 325 g/mol. The van der Waals surface area contributed by atoms with Crippen LogP contribution in [0.4, 0.5) is 5.69 Å². The Balaban J connectivity index is 1.92. The lowest BCUT2D eigenvalue weighted by Gasteiger charge is -2.31. The van der Waals surface area contributed by atoms with Crippen molar-refractivity contribution in [1.82, 2.24) is 9.78 Å². The number of hydrogen-bond acceptors (Lipinski definition) is 3. The van der Waals surface area contributed by atoms with Crippen molar-refractivity contribution in [2.75, 3.05) is 4.31 Å². The van der Waals surface area contributed by atoms with E-state index in [-0.39, 0.29) is 4.90 Å². The summed E-state index contributed by atoms with van der Waals surface area (Å²) in [6.45, 7) is 0.324. The first kappa shape index (κ1) is 14.0. The van der Waals surface area contributed by atoms with Crippen molar-refractivity contribution in [3.8, 4) is 11.1 Å². The van der Waals surface area contributed by atoms with Crippen LogP contribution in [0.15, 0.2) is 65.8 Å². The normalized spacial score (nSPS) is 13.5. The predicted octanol–water partition coefficient (Wildman–Crippen LogP) is 2.80. The lowest BCUT2D eigenvalue weighted by molar-refractivity contribution is 0.590. The maximum absolute atomic E-state index is 13.0. The summed E-state index contributed by atoms with van der Waals surface area (Å²) in [5, 5.41) is 3.99. The number of aryl methyl sites for hydroxylation is 1. The van der Waals surface area contributed by atoms with Gasteiger partial charge in [-0.15, -0.1) is 0 Å². The third-order valence-electron chi connectivity index (χ3n) is 4.06. The molecule has 4 rings (SSSR count). The second kappa shape index (κ2) is 4.96. The van der Waals surface area contributed by atoms with Gasteiger partial charge < -0.3 is 0 Å². The quantitative estimate of drug-likeness (QED) is 0.728. The Labute approximate surface area is 134 Å². The predicted molar refractivity (Wildman–Crippen MR) is 88.5 cm³/mol. The van der Waals surface area contributed by atoms with E-state index in [0.29, 0.717) is 12.2 Å². The molecule has 0 atom stereocenters. The highest BCUT2D eigenvalue weighted by Gasteiger charge is 2.32. The molecule has 0 saturated heterocycles. The van der Waals surface area contributed by atoms with E-state index >= 15 is 0 Å². The van der Waals surface area contributed by atoms with Gasteiger partial charge in [-0.05, 0) is 17.2 Å². The lowest BCUT2D eigenvalue weighted by atomic mass is 9.95. The van der Waals surface area contributed by atoms with Crippen molar-refractivity contribution < 1.29 is 8.42 Å². The first-order chi connectivity index (χ1) is 11.1. The molecule has 116 valence electrons. The lowest BCUT2D eigenvalue weighted by Crippen LogP contribution is -2.33. The minimum absolute atomic E-state index is 0.203. The topological polar surface area (TPSA) is 55.2 Å². The van der Waals surface area contributed by atoms with Crippen LogP contribution in [0.3, 0.4) is 0 Å². The van der Waals surface area contributed by atoms with Gasteiger partial charge in [-0.3, -0.25) is 8.99 Å². The zero-order chi connectivity index (χ0) is 16.0. The van der Waals surface area contributed by atoms with Crippen molar-refractivity contribution in [2.24, 2.45) is 7.05 Å². The zero-order valence-electron chi connectivity index (χ0n) is 12.5. The van der Waals surface area contributed by atoms with Crippen LogP contribution in [-0.4, -0.2) is 18.2 Å². The van der Waals surface area contributed by atoms with Gasteiger partial charge in [-0.25, -0.2) is 8.42 Å². The minimum atomic E-state index is -3.65. The van der Waals surface area contributed by atoms with E-state index in [0.717, 1.165) is 16.7 Å². The Kier molecular flexibility index (Phi) is 3.02. The molecule has 1 aliphatic rings. The first-order valence-electron chi connectivity index (χ1n) is 7.26. The Bertz CT molecular complexity index is 992. The van der Waals surface area contributed by atoms with Crippen LogP contribution in [0.5, 0.6) is 0 Å². The van der Waals surface area contributed by atoms with Crippen molar-refractivity contribution in [2.45, 2.75) is 11.4 Å². The number of para-hydroxylation sites is 1. The minimum Gasteiger partial charge on any atom is -0.274 e. The van der Waals surface area contributed by atoms with Gasteiger partial charge in [-0.1, -0.05) is 42.5 Å². The fraction of sp³-hybridized carbons (Fsp3) is 0.118. The van der Waals surface area contributed by atoms with Gasteiger partial charge in [0.1, 0.15) is 4.90 Å². The van der Waals surface area contributed by atoms with E-state index in [4.69, 9.17) is 0 Å². The van der Waals surface area contributed by atoms with Gasteiger partial charge in [0.15, 0.2) is 0 Å². The molecule has 6 heteroatoms. The van der Waals surface area contributed by atoms with E-state index in [9.17, 15) is 8.42 Å². The summed E-state index contributed by atoms with van der Waals surface area (Å²) in [5.74, 6) is 0. The molecule has 0 N–H and O–H groups in total. The van der Waals surface area contributed by atoms with Gasteiger partial charge in [0.25, 0.3) is 10.0 Å². The highest BCUT2D eigenvalue weighted by molar-refractivity contribution is 7.92. The van der Waals surface area contributed by atoms with Gasteiger partial charge >= 0.3 is 0 Å². The zero-order valence-corrected chi connectivity index (χ0v) is 13.4. The van der Waals surface area contributed by atoms with E-state index in [1.54, 1.807) is 7.05 Å². The highest BCUT2D eigenvalue weighted by atomic mass is 32.2. The average molecular weight is 325 g/mol. The molecule has 0 fully saturated rings. The van der Waals surface area contributed by atoms with Crippen molar-refractivity contribution >= 4 is 15.7 Å².